The highest BCUT2D eigenvalue weighted by atomic mass is 32.1. The molecule has 0 saturated carbocycles. The van der Waals surface area contributed by atoms with Gasteiger partial charge in [0.2, 0.25) is 0 Å². The summed E-state index contributed by atoms with van der Waals surface area (Å²) in [6.45, 7) is -0.139. The molecule has 1 rings (SSSR count). The normalized spacial score (nSPS) is 10.6. The zero-order valence-electron chi connectivity index (χ0n) is 10.4. The Kier molecular flexibility index (Phi) is 5.47. The molecule has 114 valence electrons. The fourth-order valence-electron chi connectivity index (χ4n) is 1.18. The first-order chi connectivity index (χ1) is 9.67. The Bertz CT molecular complexity index is 546. The number of amides is 2. The van der Waals surface area contributed by atoms with Gasteiger partial charge in [0.15, 0.2) is 0 Å². The van der Waals surface area contributed by atoms with Crippen molar-refractivity contribution in [2.75, 3.05) is 11.9 Å². The number of nitrogens with one attached hydrogen (secondary N) is 2. The lowest BCUT2D eigenvalue weighted by atomic mass is 10.3. The van der Waals surface area contributed by atoms with Crippen LogP contribution in [0.5, 0.6) is 5.75 Å². The van der Waals surface area contributed by atoms with Gasteiger partial charge in [-0.1, -0.05) is 12.2 Å². The quantitative estimate of drug-likeness (QED) is 0.566. The van der Waals surface area contributed by atoms with Crippen LogP contribution in [0.15, 0.2) is 24.3 Å². The van der Waals surface area contributed by atoms with E-state index in [4.69, 9.17) is 5.73 Å². The van der Waals surface area contributed by atoms with E-state index in [0.29, 0.717) is 0 Å². The van der Waals surface area contributed by atoms with Gasteiger partial charge in [-0.15, -0.1) is 13.2 Å². The van der Waals surface area contributed by atoms with Crippen LogP contribution >= 0.6 is 12.2 Å². The van der Waals surface area contributed by atoms with E-state index >= 15 is 0 Å². The maximum absolute atomic E-state index is 11.9. The minimum absolute atomic E-state index is 0.00445. The number of alkyl halides is 3. The lowest BCUT2D eigenvalue weighted by Gasteiger charge is -2.10. The number of carbonyl (C=O) groups excluding carboxylic acids is 2. The van der Waals surface area contributed by atoms with E-state index in [1.54, 1.807) is 0 Å². The van der Waals surface area contributed by atoms with Crippen molar-refractivity contribution in [3.05, 3.63) is 24.3 Å². The lowest BCUT2D eigenvalue weighted by Crippen LogP contribution is -2.39. The van der Waals surface area contributed by atoms with Gasteiger partial charge in [-0.3, -0.25) is 9.59 Å². The molecule has 0 radical (unpaired) electrons. The molecule has 0 fully saturated rings. The minimum Gasteiger partial charge on any atom is -0.406 e. The first-order valence-electron chi connectivity index (χ1n) is 5.40. The first kappa shape index (κ1) is 16.7. The molecular weight excluding hydrogens is 311 g/mol. The summed E-state index contributed by atoms with van der Waals surface area (Å²) >= 11 is 4.51. The van der Waals surface area contributed by atoms with Gasteiger partial charge >= 0.3 is 18.2 Å². The van der Waals surface area contributed by atoms with Crippen molar-refractivity contribution in [1.82, 2.24) is 5.32 Å². The summed E-state index contributed by atoms with van der Waals surface area (Å²) in [5.74, 6) is -2.42. The zero-order valence-corrected chi connectivity index (χ0v) is 11.2. The van der Waals surface area contributed by atoms with Gasteiger partial charge in [-0.25, -0.2) is 0 Å². The molecule has 0 aliphatic rings. The monoisotopic (exact) mass is 321 g/mol. The summed E-state index contributed by atoms with van der Waals surface area (Å²) < 4.78 is 39.5. The smallest absolute Gasteiger partial charge is 0.406 e. The van der Waals surface area contributed by atoms with Crippen LogP contribution in [0.4, 0.5) is 18.9 Å². The van der Waals surface area contributed by atoms with Crippen molar-refractivity contribution < 1.29 is 27.5 Å². The second-order valence-electron chi connectivity index (χ2n) is 3.68. The molecular formula is C11H10F3N3O3S. The third kappa shape index (κ3) is 6.56. The summed E-state index contributed by atoms with van der Waals surface area (Å²) in [6, 6.07) is 4.30. The van der Waals surface area contributed by atoms with E-state index in [-0.39, 0.29) is 17.2 Å². The molecule has 0 spiro atoms. The molecule has 0 unspecified atom stereocenters. The first-order valence-corrected chi connectivity index (χ1v) is 5.81. The molecule has 0 heterocycles. The molecule has 0 saturated heterocycles. The molecule has 0 bridgehead atoms. The van der Waals surface area contributed by atoms with E-state index in [0.717, 1.165) is 24.3 Å². The summed E-state index contributed by atoms with van der Waals surface area (Å²) in [6.07, 6.45) is -4.80. The summed E-state index contributed by atoms with van der Waals surface area (Å²) in [4.78, 5) is 22.7. The van der Waals surface area contributed by atoms with Crippen LogP contribution in [0.1, 0.15) is 0 Å². The second kappa shape index (κ2) is 6.88. The van der Waals surface area contributed by atoms with Gasteiger partial charge in [0.25, 0.3) is 0 Å². The molecule has 1 aromatic rings. The fourth-order valence-corrected chi connectivity index (χ4v) is 1.25. The van der Waals surface area contributed by atoms with Crippen molar-refractivity contribution in [3.63, 3.8) is 0 Å². The van der Waals surface area contributed by atoms with Crippen molar-refractivity contribution in [2.24, 2.45) is 5.73 Å². The van der Waals surface area contributed by atoms with E-state index in [2.05, 4.69) is 27.6 Å². The van der Waals surface area contributed by atoms with Crippen LogP contribution in [-0.4, -0.2) is 29.7 Å². The van der Waals surface area contributed by atoms with Gasteiger partial charge < -0.3 is 21.1 Å². The van der Waals surface area contributed by atoms with Crippen LogP contribution in [0, 0.1) is 0 Å². The topological polar surface area (TPSA) is 93.5 Å². The van der Waals surface area contributed by atoms with Crippen LogP contribution in [0.2, 0.25) is 0 Å². The fraction of sp³-hybridized carbons (Fsp3) is 0.182. The number of nitrogens with two attached hydrogens (primary N) is 1. The largest absolute Gasteiger partial charge is 0.573 e. The maximum atomic E-state index is 11.9. The molecule has 2 amide bonds. The summed E-state index contributed by atoms with van der Waals surface area (Å²) in [5.41, 5.74) is 5.26. The number of rotatable bonds is 4. The molecule has 0 atom stereocenters. The van der Waals surface area contributed by atoms with E-state index in [9.17, 15) is 22.8 Å². The Morgan fingerprint density at radius 3 is 2.24 bits per heavy atom. The standard InChI is InChI=1S/C11H10F3N3O3S/c12-11(13,14)20-7-3-1-6(2-4-7)17-10(19)9(18)16-5-8(15)21/h1-4H,5H2,(H2,15,21)(H,16,18)(H,17,19). The molecule has 0 aliphatic carbocycles. The average Bonchev–Trinajstić information content (AvgIpc) is 2.36. The number of benzene rings is 1. The van der Waals surface area contributed by atoms with Crippen molar-refractivity contribution in [2.45, 2.75) is 6.36 Å². The molecule has 6 nitrogen and oxygen atoms in total. The van der Waals surface area contributed by atoms with Crippen LogP contribution in [0.25, 0.3) is 0 Å². The molecule has 0 aliphatic heterocycles. The Balaban J connectivity index is 2.57. The summed E-state index contributed by atoms with van der Waals surface area (Å²) in [7, 11) is 0. The highest BCUT2D eigenvalue weighted by Crippen LogP contribution is 2.23. The van der Waals surface area contributed by atoms with E-state index < -0.39 is 23.9 Å². The van der Waals surface area contributed by atoms with Gasteiger partial charge in [0.05, 0.1) is 11.5 Å². The third-order valence-electron chi connectivity index (χ3n) is 1.98. The minimum atomic E-state index is -4.80. The third-order valence-corrected chi connectivity index (χ3v) is 2.12. The van der Waals surface area contributed by atoms with Crippen molar-refractivity contribution in [1.29, 1.82) is 0 Å². The van der Waals surface area contributed by atoms with Gasteiger partial charge in [0, 0.05) is 5.69 Å². The van der Waals surface area contributed by atoms with Gasteiger partial charge in [-0.05, 0) is 24.3 Å². The number of anilines is 1. The number of ether oxygens (including phenoxy) is 1. The van der Waals surface area contributed by atoms with E-state index in [1.165, 1.54) is 0 Å². The number of halogens is 3. The Morgan fingerprint density at radius 2 is 1.76 bits per heavy atom. The number of carbonyl (C=O) groups is 2. The molecule has 1 aromatic carbocycles. The predicted octanol–water partition coefficient (Wildman–Crippen LogP) is 0.926. The highest BCUT2D eigenvalue weighted by Gasteiger charge is 2.30. The average molecular weight is 321 g/mol. The number of hydrogen-bond donors (Lipinski definition) is 3. The van der Waals surface area contributed by atoms with E-state index in [1.807, 2.05) is 0 Å². The lowest BCUT2D eigenvalue weighted by molar-refractivity contribution is -0.274. The Hall–Kier alpha value is -2.36. The second-order valence-corrected chi connectivity index (χ2v) is 4.20. The molecule has 4 N–H and O–H groups in total. The van der Waals surface area contributed by atoms with Crippen LogP contribution in [-0.2, 0) is 9.59 Å². The van der Waals surface area contributed by atoms with Gasteiger partial charge in [-0.2, -0.15) is 0 Å². The van der Waals surface area contributed by atoms with Crippen molar-refractivity contribution in [3.8, 4) is 5.75 Å². The van der Waals surface area contributed by atoms with Gasteiger partial charge in [0.1, 0.15) is 5.75 Å². The SMILES string of the molecule is NC(=S)CNC(=O)C(=O)Nc1ccc(OC(F)(F)F)cc1. The zero-order chi connectivity index (χ0) is 16.0. The Morgan fingerprint density at radius 1 is 1.19 bits per heavy atom. The number of hydrogen-bond acceptors (Lipinski definition) is 4. The Labute approximate surface area is 122 Å². The highest BCUT2D eigenvalue weighted by molar-refractivity contribution is 7.80. The number of thiocarbonyl (C=S) groups is 1. The van der Waals surface area contributed by atoms with Crippen LogP contribution < -0.4 is 21.1 Å². The van der Waals surface area contributed by atoms with Crippen molar-refractivity contribution >= 4 is 34.7 Å². The predicted molar refractivity (Wildman–Crippen MR) is 71.5 cm³/mol. The maximum Gasteiger partial charge on any atom is 0.573 e. The summed E-state index contributed by atoms with van der Waals surface area (Å²) in [5, 5.41) is 4.34. The molecule has 10 heteroatoms. The molecule has 0 aromatic heterocycles. The van der Waals surface area contributed by atoms with Crippen LogP contribution in [0.3, 0.4) is 0 Å². The molecule has 21 heavy (non-hydrogen) atoms.